The highest BCUT2D eigenvalue weighted by Crippen LogP contribution is 2.31. The van der Waals surface area contributed by atoms with E-state index in [2.05, 4.69) is 4.98 Å². The summed E-state index contributed by atoms with van der Waals surface area (Å²) in [6.07, 6.45) is 3.11. The Hall–Kier alpha value is -2.83. The summed E-state index contributed by atoms with van der Waals surface area (Å²) in [6, 6.07) is 19.6. The number of hydrogen-bond acceptors (Lipinski definition) is 3. The molecule has 0 bridgehead atoms. The minimum absolute atomic E-state index is 0.361. The molecule has 0 fully saturated rings. The molecule has 4 heteroatoms. The van der Waals surface area contributed by atoms with Crippen LogP contribution < -0.4 is 4.74 Å². The molecule has 0 saturated heterocycles. The predicted octanol–water partition coefficient (Wildman–Crippen LogP) is 4.85. The van der Waals surface area contributed by atoms with Gasteiger partial charge in [0.25, 0.3) is 0 Å². The summed E-state index contributed by atoms with van der Waals surface area (Å²) in [5.74, 6) is 0.741. The van der Waals surface area contributed by atoms with Crippen molar-refractivity contribution in [2.45, 2.75) is 6.61 Å². The van der Waals surface area contributed by atoms with Crippen LogP contribution >= 0.6 is 11.6 Å². The summed E-state index contributed by atoms with van der Waals surface area (Å²) < 4.78 is 5.82. The Morgan fingerprint density at radius 3 is 2.65 bits per heavy atom. The van der Waals surface area contributed by atoms with Gasteiger partial charge >= 0.3 is 0 Å². The fourth-order valence-corrected chi connectivity index (χ4v) is 2.47. The molecule has 0 saturated carbocycles. The van der Waals surface area contributed by atoms with Crippen LogP contribution in [0, 0.1) is 11.3 Å². The molecule has 0 aliphatic carbocycles. The second-order valence-electron chi connectivity index (χ2n) is 4.96. The van der Waals surface area contributed by atoms with Crippen LogP contribution in [0.5, 0.6) is 5.75 Å². The van der Waals surface area contributed by atoms with Gasteiger partial charge in [0.15, 0.2) is 0 Å². The summed E-state index contributed by atoms with van der Waals surface area (Å²) in [5, 5.41) is 9.46. The molecule has 1 aromatic heterocycles. The first-order valence-electron chi connectivity index (χ1n) is 7.08. The van der Waals surface area contributed by atoms with Gasteiger partial charge in [-0.3, -0.25) is 4.98 Å². The van der Waals surface area contributed by atoms with Crippen LogP contribution in [0.3, 0.4) is 0 Å². The molecule has 3 rings (SSSR count). The number of aromatic nitrogens is 1. The number of ether oxygens (including phenoxy) is 1. The number of benzene rings is 2. The second-order valence-corrected chi connectivity index (χ2v) is 5.34. The Morgan fingerprint density at radius 2 is 1.87 bits per heavy atom. The second kappa shape index (κ2) is 6.95. The molecule has 0 aliphatic heterocycles. The minimum Gasteiger partial charge on any atom is -0.489 e. The van der Waals surface area contributed by atoms with Crippen molar-refractivity contribution in [3.8, 4) is 22.9 Å². The van der Waals surface area contributed by atoms with E-state index in [1.54, 1.807) is 6.20 Å². The monoisotopic (exact) mass is 320 g/mol. The molecule has 0 N–H and O–H groups in total. The summed E-state index contributed by atoms with van der Waals surface area (Å²) in [6.45, 7) is 0.495. The number of halogens is 1. The SMILES string of the molecule is N#Cc1cncc(-c2cccc(OCc3ccccc3)c2)c1Cl. The predicted molar refractivity (Wildman–Crippen MR) is 90.2 cm³/mol. The van der Waals surface area contributed by atoms with E-state index in [-0.39, 0.29) is 0 Å². The van der Waals surface area contributed by atoms with Crippen LogP contribution in [0.25, 0.3) is 11.1 Å². The highest BCUT2D eigenvalue weighted by Gasteiger charge is 2.09. The number of pyridine rings is 1. The van der Waals surface area contributed by atoms with E-state index in [4.69, 9.17) is 21.6 Å². The quantitative estimate of drug-likeness (QED) is 0.690. The number of hydrogen-bond donors (Lipinski definition) is 0. The van der Waals surface area contributed by atoms with Crippen molar-refractivity contribution in [3.63, 3.8) is 0 Å². The maximum Gasteiger partial charge on any atom is 0.120 e. The lowest BCUT2D eigenvalue weighted by molar-refractivity contribution is 0.306. The van der Waals surface area contributed by atoms with Crippen molar-refractivity contribution < 1.29 is 4.74 Å². The molecule has 3 nitrogen and oxygen atoms in total. The van der Waals surface area contributed by atoms with Crippen molar-refractivity contribution in [1.29, 1.82) is 5.26 Å². The molecule has 0 amide bonds. The first-order chi connectivity index (χ1) is 11.3. The van der Waals surface area contributed by atoms with Crippen LogP contribution in [0.15, 0.2) is 67.0 Å². The Morgan fingerprint density at radius 1 is 1.04 bits per heavy atom. The van der Waals surface area contributed by atoms with E-state index in [0.717, 1.165) is 22.4 Å². The molecule has 0 atom stereocenters. The number of rotatable bonds is 4. The van der Waals surface area contributed by atoms with Gasteiger partial charge in [-0.25, -0.2) is 0 Å². The lowest BCUT2D eigenvalue weighted by atomic mass is 10.1. The van der Waals surface area contributed by atoms with Gasteiger partial charge < -0.3 is 4.74 Å². The van der Waals surface area contributed by atoms with Crippen molar-refractivity contribution >= 4 is 11.6 Å². The molecule has 1 heterocycles. The van der Waals surface area contributed by atoms with Crippen molar-refractivity contribution in [2.24, 2.45) is 0 Å². The van der Waals surface area contributed by atoms with Crippen molar-refractivity contribution in [1.82, 2.24) is 4.98 Å². The van der Waals surface area contributed by atoms with E-state index in [9.17, 15) is 0 Å². The third kappa shape index (κ3) is 3.50. The summed E-state index contributed by atoms with van der Waals surface area (Å²) >= 11 is 6.27. The molecule has 0 unspecified atom stereocenters. The zero-order valence-corrected chi connectivity index (χ0v) is 13.0. The Kier molecular flexibility index (Phi) is 4.56. The Labute approximate surface area is 139 Å². The topological polar surface area (TPSA) is 45.9 Å². The molecule has 0 spiro atoms. The van der Waals surface area contributed by atoms with E-state index < -0.39 is 0 Å². The van der Waals surface area contributed by atoms with E-state index >= 15 is 0 Å². The van der Waals surface area contributed by atoms with Crippen molar-refractivity contribution in [2.75, 3.05) is 0 Å². The van der Waals surface area contributed by atoms with Gasteiger partial charge in [0.2, 0.25) is 0 Å². The van der Waals surface area contributed by atoms with Crippen LogP contribution in [-0.4, -0.2) is 4.98 Å². The normalized spacial score (nSPS) is 10.1. The Balaban J connectivity index is 1.85. The third-order valence-electron chi connectivity index (χ3n) is 3.39. The average Bonchev–Trinajstić information content (AvgIpc) is 2.61. The van der Waals surface area contributed by atoms with Gasteiger partial charge in [-0.2, -0.15) is 5.26 Å². The number of nitrogens with zero attached hydrogens (tertiary/aromatic N) is 2. The van der Waals surface area contributed by atoms with E-state index in [0.29, 0.717) is 17.2 Å². The van der Waals surface area contributed by atoms with Crippen molar-refractivity contribution in [3.05, 3.63) is 83.1 Å². The first-order valence-corrected chi connectivity index (χ1v) is 7.46. The highest BCUT2D eigenvalue weighted by atomic mass is 35.5. The highest BCUT2D eigenvalue weighted by molar-refractivity contribution is 6.34. The largest absolute Gasteiger partial charge is 0.489 e. The van der Waals surface area contributed by atoms with Gasteiger partial charge in [0, 0.05) is 18.0 Å². The standard InChI is InChI=1S/C19H13ClN2O/c20-19-16(10-21)11-22-12-18(19)15-7-4-8-17(9-15)23-13-14-5-2-1-3-6-14/h1-9,11-12H,13H2. The van der Waals surface area contributed by atoms with E-state index in [1.807, 2.05) is 60.7 Å². The van der Waals surface area contributed by atoms with Crippen LogP contribution in [-0.2, 0) is 6.61 Å². The smallest absolute Gasteiger partial charge is 0.120 e. The third-order valence-corrected chi connectivity index (χ3v) is 3.80. The molecular formula is C19H13ClN2O. The van der Waals surface area contributed by atoms with E-state index in [1.165, 1.54) is 6.20 Å². The minimum atomic E-state index is 0.361. The zero-order valence-electron chi connectivity index (χ0n) is 12.2. The molecule has 2 aromatic carbocycles. The zero-order chi connectivity index (χ0) is 16.1. The number of nitriles is 1. The van der Waals surface area contributed by atoms with Gasteiger partial charge in [0.05, 0.1) is 10.6 Å². The summed E-state index contributed by atoms with van der Waals surface area (Å²) in [7, 11) is 0. The lowest BCUT2D eigenvalue weighted by Crippen LogP contribution is -1.95. The maximum absolute atomic E-state index is 9.06. The molecule has 112 valence electrons. The van der Waals surface area contributed by atoms with Crippen LogP contribution in [0.1, 0.15) is 11.1 Å². The van der Waals surface area contributed by atoms with Crippen LogP contribution in [0.2, 0.25) is 5.02 Å². The van der Waals surface area contributed by atoms with Gasteiger partial charge in [-0.15, -0.1) is 0 Å². The Bertz CT molecular complexity index is 857. The average molecular weight is 321 g/mol. The molecular weight excluding hydrogens is 308 g/mol. The molecule has 0 radical (unpaired) electrons. The van der Waals surface area contributed by atoms with Crippen LogP contribution in [0.4, 0.5) is 0 Å². The van der Waals surface area contributed by atoms with Gasteiger partial charge in [0.1, 0.15) is 18.4 Å². The fourth-order valence-electron chi connectivity index (χ4n) is 2.22. The first kappa shape index (κ1) is 15.1. The summed E-state index contributed by atoms with van der Waals surface area (Å²) in [4.78, 5) is 4.07. The molecule has 3 aromatic rings. The lowest BCUT2D eigenvalue weighted by Gasteiger charge is -2.09. The summed E-state index contributed by atoms with van der Waals surface area (Å²) in [5.41, 5.74) is 3.05. The fraction of sp³-hybridized carbons (Fsp3) is 0.0526. The molecule has 0 aliphatic rings. The van der Waals surface area contributed by atoms with Gasteiger partial charge in [-0.05, 0) is 23.3 Å². The molecule has 23 heavy (non-hydrogen) atoms. The van der Waals surface area contributed by atoms with Gasteiger partial charge in [-0.1, -0.05) is 54.1 Å². The maximum atomic E-state index is 9.06.